The quantitative estimate of drug-likeness (QED) is 0.874. The molecular weight excluding hydrogens is 268 g/mol. The highest BCUT2D eigenvalue weighted by Crippen LogP contribution is 2.33. The lowest BCUT2D eigenvalue weighted by Gasteiger charge is -2.24. The second kappa shape index (κ2) is 7.21. The second-order valence-corrected chi connectivity index (χ2v) is 4.53. The average molecular weight is 287 g/mol. The summed E-state index contributed by atoms with van der Waals surface area (Å²) >= 11 is 6.03. The van der Waals surface area contributed by atoms with Crippen molar-refractivity contribution in [2.45, 2.75) is 19.9 Å². The van der Waals surface area contributed by atoms with E-state index in [9.17, 15) is 4.79 Å². The molecule has 1 rings (SSSR count). The number of urea groups is 1. The fraction of sp³-hybridized carbons (Fsp3) is 0.462. The summed E-state index contributed by atoms with van der Waals surface area (Å²) in [4.78, 5) is 13.4. The first-order valence-corrected chi connectivity index (χ1v) is 6.45. The van der Waals surface area contributed by atoms with Crippen molar-refractivity contribution in [1.29, 1.82) is 0 Å². The van der Waals surface area contributed by atoms with Gasteiger partial charge in [0, 0.05) is 7.05 Å². The van der Waals surface area contributed by atoms with Gasteiger partial charge in [-0.05, 0) is 26.0 Å². The highest BCUT2D eigenvalue weighted by molar-refractivity contribution is 6.32. The number of carbonyl (C=O) groups excluding carboxylic acids is 1. The fourth-order valence-electron chi connectivity index (χ4n) is 1.42. The molecule has 0 saturated heterocycles. The largest absolute Gasteiger partial charge is 0.490 e. The molecule has 6 heteroatoms. The number of amides is 2. The van der Waals surface area contributed by atoms with Gasteiger partial charge in [0.15, 0.2) is 5.75 Å². The molecule has 19 heavy (non-hydrogen) atoms. The number of aliphatic hydroxyl groups excluding tert-OH is 1. The minimum absolute atomic E-state index is 0.0994. The third-order valence-corrected chi connectivity index (χ3v) is 3.04. The van der Waals surface area contributed by atoms with E-state index in [4.69, 9.17) is 21.4 Å². The monoisotopic (exact) mass is 286 g/mol. The molecule has 0 fully saturated rings. The number of para-hydroxylation sites is 1. The van der Waals surface area contributed by atoms with Gasteiger partial charge in [0.2, 0.25) is 0 Å². The molecule has 0 spiro atoms. The SMILES string of the molecule is CCOc1c(Cl)cccc1NC(=O)N(C)C(C)CO. The normalized spacial score (nSPS) is 11.8. The maximum atomic E-state index is 12.0. The predicted octanol–water partition coefficient (Wildman–Crippen LogP) is 2.58. The van der Waals surface area contributed by atoms with E-state index in [1.165, 1.54) is 4.90 Å². The van der Waals surface area contributed by atoms with Gasteiger partial charge in [-0.1, -0.05) is 17.7 Å². The summed E-state index contributed by atoms with van der Waals surface area (Å²) in [6.45, 7) is 3.95. The van der Waals surface area contributed by atoms with Crippen molar-refractivity contribution >= 4 is 23.3 Å². The van der Waals surface area contributed by atoms with Crippen molar-refractivity contribution in [3.63, 3.8) is 0 Å². The fourth-order valence-corrected chi connectivity index (χ4v) is 1.65. The first-order chi connectivity index (χ1) is 9.01. The number of aliphatic hydroxyl groups is 1. The summed E-state index contributed by atoms with van der Waals surface area (Å²) < 4.78 is 5.42. The van der Waals surface area contributed by atoms with Gasteiger partial charge in [-0.15, -0.1) is 0 Å². The molecule has 2 N–H and O–H groups in total. The van der Waals surface area contributed by atoms with Gasteiger partial charge in [-0.2, -0.15) is 0 Å². The Kier molecular flexibility index (Phi) is 5.92. The van der Waals surface area contributed by atoms with Crippen LogP contribution in [0.1, 0.15) is 13.8 Å². The average Bonchev–Trinajstić information content (AvgIpc) is 2.40. The van der Waals surface area contributed by atoms with Crippen LogP contribution in [0.15, 0.2) is 18.2 Å². The summed E-state index contributed by atoms with van der Waals surface area (Å²) in [7, 11) is 1.61. The third-order valence-electron chi connectivity index (χ3n) is 2.74. The Labute approximate surface area is 118 Å². The van der Waals surface area contributed by atoms with Gasteiger partial charge >= 0.3 is 6.03 Å². The Morgan fingerprint density at radius 2 is 2.26 bits per heavy atom. The molecule has 1 aromatic rings. The summed E-state index contributed by atoms with van der Waals surface area (Å²) in [5.74, 6) is 0.449. The summed E-state index contributed by atoms with van der Waals surface area (Å²) in [6.07, 6.45) is 0. The van der Waals surface area contributed by atoms with Crippen LogP contribution in [-0.2, 0) is 0 Å². The molecule has 0 radical (unpaired) electrons. The molecule has 0 bridgehead atoms. The van der Waals surface area contributed by atoms with Crippen LogP contribution in [0.4, 0.5) is 10.5 Å². The lowest BCUT2D eigenvalue weighted by molar-refractivity contribution is 0.166. The minimum Gasteiger partial charge on any atom is -0.490 e. The molecule has 0 aliphatic rings. The molecule has 0 aromatic heterocycles. The first-order valence-electron chi connectivity index (χ1n) is 6.07. The van der Waals surface area contributed by atoms with Gasteiger partial charge in [-0.3, -0.25) is 0 Å². The number of benzene rings is 1. The lowest BCUT2D eigenvalue weighted by atomic mass is 10.3. The van der Waals surface area contributed by atoms with Crippen LogP contribution in [-0.4, -0.2) is 42.3 Å². The third kappa shape index (κ3) is 4.01. The number of carbonyl (C=O) groups is 1. The number of ether oxygens (including phenoxy) is 1. The number of anilines is 1. The molecule has 106 valence electrons. The molecule has 5 nitrogen and oxygen atoms in total. The lowest BCUT2D eigenvalue weighted by Crippen LogP contribution is -2.40. The van der Waals surface area contributed by atoms with Crippen LogP contribution in [0.3, 0.4) is 0 Å². The minimum atomic E-state index is -0.329. The van der Waals surface area contributed by atoms with Gasteiger partial charge in [0.25, 0.3) is 0 Å². The van der Waals surface area contributed by atoms with E-state index in [1.807, 2.05) is 6.92 Å². The van der Waals surface area contributed by atoms with Crippen molar-refractivity contribution in [3.05, 3.63) is 23.2 Å². The van der Waals surface area contributed by atoms with E-state index < -0.39 is 0 Å². The number of hydrogen-bond donors (Lipinski definition) is 2. The van der Waals surface area contributed by atoms with E-state index in [-0.39, 0.29) is 18.7 Å². The van der Waals surface area contributed by atoms with Crippen molar-refractivity contribution in [2.24, 2.45) is 0 Å². The van der Waals surface area contributed by atoms with Crippen molar-refractivity contribution in [2.75, 3.05) is 25.6 Å². The van der Waals surface area contributed by atoms with E-state index in [0.717, 1.165) is 0 Å². The predicted molar refractivity (Wildman–Crippen MR) is 76.0 cm³/mol. The van der Waals surface area contributed by atoms with E-state index in [1.54, 1.807) is 32.2 Å². The van der Waals surface area contributed by atoms with Crippen LogP contribution < -0.4 is 10.1 Å². The highest BCUT2D eigenvalue weighted by atomic mass is 35.5. The Hall–Kier alpha value is -1.46. The molecule has 2 amide bonds. The van der Waals surface area contributed by atoms with Gasteiger partial charge in [0.1, 0.15) is 0 Å². The molecule has 0 saturated carbocycles. The number of nitrogens with zero attached hydrogens (tertiary/aromatic N) is 1. The molecule has 0 aliphatic carbocycles. The number of rotatable bonds is 5. The van der Waals surface area contributed by atoms with E-state index in [2.05, 4.69) is 5.32 Å². The maximum Gasteiger partial charge on any atom is 0.322 e. The van der Waals surface area contributed by atoms with Crippen LogP contribution in [0.2, 0.25) is 5.02 Å². The number of hydrogen-bond acceptors (Lipinski definition) is 3. The summed E-state index contributed by atoms with van der Waals surface area (Å²) in [6, 6.07) is 4.55. The number of halogens is 1. The maximum absolute atomic E-state index is 12.0. The molecule has 1 unspecified atom stereocenters. The summed E-state index contributed by atoms with van der Waals surface area (Å²) in [5.41, 5.74) is 0.510. The molecular formula is C13H19ClN2O3. The standard InChI is InChI=1S/C13H19ClN2O3/c1-4-19-12-10(14)6-5-7-11(12)15-13(18)16(3)9(2)8-17/h5-7,9,17H,4,8H2,1-3H3,(H,15,18). The molecule has 1 aromatic carbocycles. The Morgan fingerprint density at radius 1 is 1.58 bits per heavy atom. The van der Waals surface area contributed by atoms with E-state index >= 15 is 0 Å². The van der Waals surface area contributed by atoms with E-state index in [0.29, 0.717) is 23.1 Å². The molecule has 1 atom stereocenters. The second-order valence-electron chi connectivity index (χ2n) is 4.12. The van der Waals surface area contributed by atoms with Gasteiger partial charge in [0.05, 0.1) is 30.0 Å². The van der Waals surface area contributed by atoms with Crippen molar-refractivity contribution < 1.29 is 14.6 Å². The zero-order valence-corrected chi connectivity index (χ0v) is 12.1. The van der Waals surface area contributed by atoms with Crippen LogP contribution >= 0.6 is 11.6 Å². The zero-order valence-electron chi connectivity index (χ0n) is 11.3. The van der Waals surface area contributed by atoms with Gasteiger partial charge in [-0.25, -0.2) is 4.79 Å². The van der Waals surface area contributed by atoms with Gasteiger partial charge < -0.3 is 20.1 Å². The summed E-state index contributed by atoms with van der Waals surface area (Å²) in [5, 5.41) is 12.2. The smallest absolute Gasteiger partial charge is 0.322 e. The van der Waals surface area contributed by atoms with Crippen LogP contribution in [0.25, 0.3) is 0 Å². The molecule has 0 heterocycles. The Bertz CT molecular complexity index is 440. The number of likely N-dealkylation sites (N-methyl/N-ethyl adjacent to an activating group) is 1. The van der Waals surface area contributed by atoms with Crippen LogP contribution in [0.5, 0.6) is 5.75 Å². The van der Waals surface area contributed by atoms with Crippen molar-refractivity contribution in [1.82, 2.24) is 4.90 Å². The Balaban J connectivity index is 2.87. The van der Waals surface area contributed by atoms with Crippen molar-refractivity contribution in [3.8, 4) is 5.75 Å². The molecule has 0 aliphatic heterocycles. The number of nitrogens with one attached hydrogen (secondary N) is 1. The van der Waals surface area contributed by atoms with Crippen LogP contribution in [0, 0.1) is 0 Å². The highest BCUT2D eigenvalue weighted by Gasteiger charge is 2.17. The zero-order chi connectivity index (χ0) is 14.4. The topological polar surface area (TPSA) is 61.8 Å². The Morgan fingerprint density at radius 3 is 2.84 bits per heavy atom. The first kappa shape index (κ1) is 15.6.